The first-order valence-electron chi connectivity index (χ1n) is 11.1. The van der Waals surface area contributed by atoms with Crippen molar-refractivity contribution >= 4 is 35.4 Å². The molecule has 0 aliphatic carbocycles. The van der Waals surface area contributed by atoms with Gasteiger partial charge in [-0.1, -0.05) is 0 Å². The number of hydrogen-bond acceptors (Lipinski definition) is 7. The molecule has 4 rings (SSSR count). The van der Waals surface area contributed by atoms with E-state index >= 15 is 0 Å². The standard InChI is InChI=1S/C24H23F2N3O7/c1-13(30)27-9-17-10-28(23(32)35-17)15-3-5-19(21(25)7-15)20-6-4-16(8-22(20)26)29-11-18(36-24(29)33)12-34-14(2)31/h3-8,17-18H,9-12H2,1-2H3,(H,27,30)/t17-,18+/m0/s1. The SMILES string of the molecule is CC(=O)NC[C@H]1CN(c2ccc(-c3ccc(N4C[C@H](COC(C)=O)OC4=O)cc3F)c(F)c2)C(=O)O1. The van der Waals surface area contributed by atoms with Gasteiger partial charge in [0, 0.05) is 25.0 Å². The van der Waals surface area contributed by atoms with Gasteiger partial charge in [-0.2, -0.15) is 0 Å². The van der Waals surface area contributed by atoms with E-state index in [2.05, 4.69) is 5.32 Å². The molecule has 0 bridgehead atoms. The summed E-state index contributed by atoms with van der Waals surface area (Å²) in [5.74, 6) is -2.32. The molecule has 2 atom stereocenters. The number of nitrogens with one attached hydrogen (secondary N) is 1. The minimum absolute atomic E-state index is 0.0399. The van der Waals surface area contributed by atoms with Crippen LogP contribution in [-0.4, -0.2) is 62.5 Å². The molecule has 190 valence electrons. The molecule has 2 aliphatic heterocycles. The average molecular weight is 503 g/mol. The summed E-state index contributed by atoms with van der Waals surface area (Å²) in [6.45, 7) is 2.76. The summed E-state index contributed by atoms with van der Waals surface area (Å²) in [6, 6.07) is 7.78. The van der Waals surface area contributed by atoms with Gasteiger partial charge >= 0.3 is 18.2 Å². The third-order valence-electron chi connectivity index (χ3n) is 5.62. The molecule has 1 N–H and O–H groups in total. The lowest BCUT2D eigenvalue weighted by Crippen LogP contribution is -2.33. The highest BCUT2D eigenvalue weighted by Crippen LogP contribution is 2.33. The van der Waals surface area contributed by atoms with Crippen molar-refractivity contribution in [3.63, 3.8) is 0 Å². The van der Waals surface area contributed by atoms with Crippen LogP contribution in [0.1, 0.15) is 13.8 Å². The van der Waals surface area contributed by atoms with Crippen LogP contribution >= 0.6 is 0 Å². The number of hydrogen-bond donors (Lipinski definition) is 1. The molecule has 0 saturated carbocycles. The van der Waals surface area contributed by atoms with Gasteiger partial charge in [0.15, 0.2) is 6.10 Å². The Bertz CT molecular complexity index is 1130. The van der Waals surface area contributed by atoms with E-state index in [1.54, 1.807) is 0 Å². The largest absolute Gasteiger partial charge is 0.462 e. The van der Waals surface area contributed by atoms with E-state index in [1.807, 2.05) is 0 Å². The second kappa shape index (κ2) is 10.2. The predicted octanol–water partition coefficient (Wildman–Crippen LogP) is 2.98. The van der Waals surface area contributed by atoms with Gasteiger partial charge in [0.05, 0.1) is 31.0 Å². The minimum atomic E-state index is -0.772. The van der Waals surface area contributed by atoms with Crippen molar-refractivity contribution in [1.29, 1.82) is 0 Å². The van der Waals surface area contributed by atoms with Crippen LogP contribution in [0.4, 0.5) is 29.7 Å². The zero-order valence-electron chi connectivity index (χ0n) is 19.5. The third kappa shape index (κ3) is 5.37. The van der Waals surface area contributed by atoms with Crippen molar-refractivity contribution in [3.8, 4) is 11.1 Å². The molecule has 2 fully saturated rings. The molecular weight excluding hydrogens is 480 g/mol. The van der Waals surface area contributed by atoms with Crippen molar-refractivity contribution in [2.24, 2.45) is 0 Å². The summed E-state index contributed by atoms with van der Waals surface area (Å²) in [4.78, 5) is 48.8. The molecule has 2 aromatic carbocycles. The first-order valence-corrected chi connectivity index (χ1v) is 11.1. The highest BCUT2D eigenvalue weighted by Gasteiger charge is 2.34. The number of ether oxygens (including phenoxy) is 3. The lowest BCUT2D eigenvalue weighted by Gasteiger charge is -2.16. The Hall–Kier alpha value is -4.22. The van der Waals surface area contributed by atoms with E-state index in [1.165, 1.54) is 47.9 Å². The number of benzene rings is 2. The van der Waals surface area contributed by atoms with Crippen LogP contribution in [-0.2, 0) is 23.8 Å². The second-order valence-electron chi connectivity index (χ2n) is 8.30. The lowest BCUT2D eigenvalue weighted by atomic mass is 10.0. The third-order valence-corrected chi connectivity index (χ3v) is 5.62. The summed E-state index contributed by atoms with van der Waals surface area (Å²) >= 11 is 0. The van der Waals surface area contributed by atoms with Gasteiger partial charge in [-0.3, -0.25) is 19.4 Å². The van der Waals surface area contributed by atoms with Gasteiger partial charge in [-0.15, -0.1) is 0 Å². The number of carbonyl (C=O) groups is 4. The van der Waals surface area contributed by atoms with Gasteiger partial charge < -0.3 is 19.5 Å². The summed E-state index contributed by atoms with van der Waals surface area (Å²) in [7, 11) is 0. The topological polar surface area (TPSA) is 114 Å². The van der Waals surface area contributed by atoms with Gasteiger partial charge in [0.2, 0.25) is 5.91 Å². The van der Waals surface area contributed by atoms with Crippen molar-refractivity contribution in [2.45, 2.75) is 26.1 Å². The van der Waals surface area contributed by atoms with E-state index in [4.69, 9.17) is 14.2 Å². The van der Waals surface area contributed by atoms with Crippen LogP contribution in [0.3, 0.4) is 0 Å². The molecule has 12 heteroatoms. The fourth-order valence-electron chi connectivity index (χ4n) is 3.91. The molecule has 36 heavy (non-hydrogen) atoms. The van der Waals surface area contributed by atoms with Crippen LogP contribution in [0, 0.1) is 11.6 Å². The molecule has 2 heterocycles. The van der Waals surface area contributed by atoms with E-state index in [0.29, 0.717) is 0 Å². The highest BCUT2D eigenvalue weighted by atomic mass is 19.1. The van der Waals surface area contributed by atoms with Gasteiger partial charge in [0.1, 0.15) is 24.3 Å². The van der Waals surface area contributed by atoms with Crippen molar-refractivity contribution in [3.05, 3.63) is 48.0 Å². The Morgan fingerprint density at radius 2 is 1.42 bits per heavy atom. The Labute approximate surface area is 204 Å². The molecule has 2 saturated heterocycles. The first-order chi connectivity index (χ1) is 17.1. The second-order valence-corrected chi connectivity index (χ2v) is 8.30. The van der Waals surface area contributed by atoms with E-state index in [9.17, 15) is 28.0 Å². The number of esters is 1. The lowest BCUT2D eigenvalue weighted by molar-refractivity contribution is -0.143. The Morgan fingerprint density at radius 1 is 0.917 bits per heavy atom. The molecule has 2 aliphatic rings. The molecule has 0 unspecified atom stereocenters. The zero-order chi connectivity index (χ0) is 26.0. The number of nitrogens with zero attached hydrogens (tertiary/aromatic N) is 2. The number of cyclic esters (lactones) is 2. The Morgan fingerprint density at radius 3 is 1.89 bits per heavy atom. The average Bonchev–Trinajstić information content (AvgIpc) is 3.38. The van der Waals surface area contributed by atoms with Gasteiger partial charge in [0.25, 0.3) is 0 Å². The fraction of sp³-hybridized carbons (Fsp3) is 0.333. The van der Waals surface area contributed by atoms with Crippen LogP contribution in [0.5, 0.6) is 0 Å². The molecule has 0 aromatic heterocycles. The zero-order valence-corrected chi connectivity index (χ0v) is 19.5. The fourth-order valence-corrected chi connectivity index (χ4v) is 3.91. The quantitative estimate of drug-likeness (QED) is 0.456. The van der Waals surface area contributed by atoms with Crippen molar-refractivity contribution in [1.82, 2.24) is 5.32 Å². The van der Waals surface area contributed by atoms with Crippen molar-refractivity contribution in [2.75, 3.05) is 36.0 Å². The number of anilines is 2. The molecule has 10 nitrogen and oxygen atoms in total. The Kier molecular flexibility index (Phi) is 7.04. The molecule has 0 radical (unpaired) electrons. The van der Waals surface area contributed by atoms with E-state index < -0.39 is 42.0 Å². The van der Waals surface area contributed by atoms with Crippen molar-refractivity contribution < 1.29 is 42.2 Å². The maximum absolute atomic E-state index is 15.0. The minimum Gasteiger partial charge on any atom is -0.462 e. The normalized spacial score (nSPS) is 19.2. The van der Waals surface area contributed by atoms with Crippen LogP contribution < -0.4 is 15.1 Å². The smallest absolute Gasteiger partial charge is 0.414 e. The van der Waals surface area contributed by atoms with Crippen LogP contribution in [0.25, 0.3) is 11.1 Å². The summed E-state index contributed by atoms with van der Waals surface area (Å²) in [5, 5.41) is 2.56. The number of rotatable bonds is 7. The Balaban J connectivity index is 1.48. The summed E-state index contributed by atoms with van der Waals surface area (Å²) < 4.78 is 45.1. The number of amides is 3. The molecule has 0 spiro atoms. The predicted molar refractivity (Wildman–Crippen MR) is 122 cm³/mol. The van der Waals surface area contributed by atoms with E-state index in [-0.39, 0.29) is 54.7 Å². The monoisotopic (exact) mass is 503 g/mol. The molecular formula is C24H23F2N3O7. The molecule has 3 amide bonds. The highest BCUT2D eigenvalue weighted by molar-refractivity contribution is 5.91. The van der Waals surface area contributed by atoms with Gasteiger partial charge in [-0.25, -0.2) is 18.4 Å². The van der Waals surface area contributed by atoms with Gasteiger partial charge in [-0.05, 0) is 36.4 Å². The maximum Gasteiger partial charge on any atom is 0.414 e. The first kappa shape index (κ1) is 24.9. The molecule has 2 aromatic rings. The van der Waals surface area contributed by atoms with Crippen LogP contribution in [0.15, 0.2) is 36.4 Å². The summed E-state index contributed by atoms with van der Waals surface area (Å²) in [5.41, 5.74) is 0.345. The number of halogens is 2. The van der Waals surface area contributed by atoms with E-state index in [0.717, 1.165) is 12.1 Å². The van der Waals surface area contributed by atoms with Crippen LogP contribution in [0.2, 0.25) is 0 Å². The number of carbonyl (C=O) groups excluding carboxylic acids is 4. The summed E-state index contributed by atoms with van der Waals surface area (Å²) in [6.07, 6.45) is -2.68. The maximum atomic E-state index is 15.0.